The van der Waals surface area contributed by atoms with Crippen molar-refractivity contribution in [2.45, 2.75) is 118 Å². The minimum absolute atomic E-state index is 0.0761. The summed E-state index contributed by atoms with van der Waals surface area (Å²) in [5, 5.41) is 27.5. The molecule has 12 atom stereocenters. The largest absolute Gasteiger partial charge is 0.496 e. The second kappa shape index (κ2) is 15.3. The van der Waals surface area contributed by atoms with E-state index in [4.69, 9.17) is 23.5 Å². The molecule has 14 heteroatoms. The molecule has 1 spiro atoms. The molecule has 61 heavy (non-hydrogen) atoms. The third-order valence-corrected chi connectivity index (χ3v) is 16.5. The number of fused-ring (bicyclic) bond motifs is 6. The Kier molecular flexibility index (Phi) is 10.6. The molecular formula is C47H63N4O10+. The summed E-state index contributed by atoms with van der Waals surface area (Å²) in [6.45, 7) is 8.53. The molecule has 0 aromatic heterocycles. The first kappa shape index (κ1) is 42.2. The lowest BCUT2D eigenvalue weighted by Gasteiger charge is -2.60. The van der Waals surface area contributed by atoms with Crippen molar-refractivity contribution >= 4 is 23.3 Å². The summed E-state index contributed by atoms with van der Waals surface area (Å²) < 4.78 is 30.1. The first-order chi connectivity index (χ1) is 29.4. The van der Waals surface area contributed by atoms with Gasteiger partial charge in [-0.2, -0.15) is 0 Å². The fraction of sp³-hybridized carbons (Fsp3) is 0.660. The molecule has 0 radical (unpaired) electrons. The smallest absolute Gasteiger partial charge is 0.418 e. The number of nitrogens with one attached hydrogen (secondary N) is 1. The number of carbonyl (C=O) groups excluding carboxylic acids is 2. The molecule has 3 N–H and O–H groups in total. The summed E-state index contributed by atoms with van der Waals surface area (Å²) in [6.07, 6.45) is 6.70. The van der Waals surface area contributed by atoms with Crippen LogP contribution in [-0.2, 0) is 34.6 Å². The lowest BCUT2D eigenvalue weighted by molar-refractivity contribution is -0.174. The Morgan fingerprint density at radius 3 is 2.52 bits per heavy atom. The highest BCUT2D eigenvalue weighted by Gasteiger charge is 2.85. The van der Waals surface area contributed by atoms with Gasteiger partial charge in [0, 0.05) is 78.6 Å². The normalized spacial score (nSPS) is 39.3. The molecule has 1 aliphatic carbocycles. The van der Waals surface area contributed by atoms with Crippen LogP contribution in [0.1, 0.15) is 88.3 Å². The molecule has 2 aromatic rings. The zero-order chi connectivity index (χ0) is 43.1. The lowest BCUT2D eigenvalue weighted by atomic mass is 9.47. The van der Waals surface area contributed by atoms with Gasteiger partial charge in [-0.25, -0.2) is 0 Å². The third-order valence-electron chi connectivity index (χ3n) is 16.5. The van der Waals surface area contributed by atoms with Crippen molar-refractivity contribution < 1.29 is 38.7 Å². The number of rotatable bonds is 11. The minimum atomic E-state index is -1.69. The molecule has 2 bridgehead atoms. The lowest BCUT2D eigenvalue weighted by Crippen LogP contribution is -2.79. The Labute approximate surface area is 358 Å². The monoisotopic (exact) mass is 843 g/mol. The van der Waals surface area contributed by atoms with Crippen molar-refractivity contribution in [2.75, 3.05) is 77.6 Å². The van der Waals surface area contributed by atoms with Gasteiger partial charge in [0.2, 0.25) is 11.1 Å². The minimum Gasteiger partial charge on any atom is -0.496 e. The van der Waals surface area contributed by atoms with Crippen LogP contribution in [0.3, 0.4) is 0 Å². The SMILES string of the molecule is CC[C@]1(O)C[C@H]2CN(CCC3c4ccccc4NC3[C@@](C(=O)OC)(c3cc4c(cc3OC)N(CO)[C@H]3[C@](CCOC)([O+]=O)[C@H](OC(C)=O)[C@]5(CC)C=CCN6CC[C@]43[C@@H]65)C2)C1. The summed E-state index contributed by atoms with van der Waals surface area (Å²) >= 11 is 0. The Morgan fingerprint density at radius 1 is 1.03 bits per heavy atom. The fourth-order valence-electron chi connectivity index (χ4n) is 14.4. The highest BCUT2D eigenvalue weighted by atomic mass is 16.8. The summed E-state index contributed by atoms with van der Waals surface area (Å²) in [7, 11) is 4.63. The molecule has 3 saturated heterocycles. The predicted molar refractivity (Wildman–Crippen MR) is 231 cm³/mol. The number of hydrogen-bond acceptors (Lipinski definition) is 13. The van der Waals surface area contributed by atoms with Crippen molar-refractivity contribution in [3.05, 3.63) is 74.8 Å². The second-order valence-electron chi connectivity index (χ2n) is 19.1. The molecule has 4 fully saturated rings. The molecule has 7 aliphatic rings. The van der Waals surface area contributed by atoms with Gasteiger partial charge in [-0.1, -0.05) is 44.2 Å². The number of ether oxygens (including phenoxy) is 4. The van der Waals surface area contributed by atoms with Crippen LogP contribution in [0.2, 0.25) is 0 Å². The third kappa shape index (κ3) is 5.77. The standard InChI is InChI=1S/C47H63N4O10/c1-7-43(55)24-30-25-46(42(54)59-6,38-32(14-19-49(26-30)27-43)31-12-9-10-13-35(31)48-38)34-22-33-36(23-37(34)58-5)51(28-52)40-45(33)16-20-50-18-11-15-44(8-2,39(45)50)41(60-29(3)53)47(40,61-56)17-21-57-4/h9-13,15,22-23,30,32,38-41,48,52,55H,7-8,14,16-21,24-28H2,1-6H3/q+1/t30-,32?,38?,39+,40-,41-,43+,44-,45-,46+,47+/m1/s1. The van der Waals surface area contributed by atoms with Gasteiger partial charge in [-0.3, -0.25) is 14.5 Å². The van der Waals surface area contributed by atoms with Gasteiger partial charge >= 0.3 is 17.5 Å². The number of aliphatic hydroxyl groups is 2. The quantitative estimate of drug-likeness (QED) is 0.163. The fourth-order valence-corrected chi connectivity index (χ4v) is 14.4. The number of piperidine rings is 1. The van der Waals surface area contributed by atoms with E-state index in [2.05, 4.69) is 52.4 Å². The van der Waals surface area contributed by atoms with Gasteiger partial charge in [0.05, 0.1) is 44.3 Å². The average Bonchev–Trinajstić information content (AvgIpc) is 3.94. The number of esters is 2. The van der Waals surface area contributed by atoms with Crippen molar-refractivity contribution in [2.24, 2.45) is 11.3 Å². The number of carbonyl (C=O) groups is 2. The number of hydrogen-bond donors (Lipinski definition) is 3. The molecule has 14 nitrogen and oxygen atoms in total. The molecule has 1 saturated carbocycles. The number of methoxy groups -OCH3 is 3. The maximum absolute atomic E-state index is 15.4. The second-order valence-corrected chi connectivity index (χ2v) is 19.1. The van der Waals surface area contributed by atoms with Crippen LogP contribution in [0.4, 0.5) is 11.4 Å². The Morgan fingerprint density at radius 2 is 1.84 bits per heavy atom. The van der Waals surface area contributed by atoms with Crippen LogP contribution in [0.15, 0.2) is 48.6 Å². The first-order valence-electron chi connectivity index (χ1n) is 22.3. The van der Waals surface area contributed by atoms with Gasteiger partial charge in [0.1, 0.15) is 23.9 Å². The summed E-state index contributed by atoms with van der Waals surface area (Å²) in [5.41, 5.74) is -1.31. The van der Waals surface area contributed by atoms with Gasteiger partial charge in [0.25, 0.3) is 0 Å². The zero-order valence-electron chi connectivity index (χ0n) is 36.5. The average molecular weight is 844 g/mol. The molecule has 6 heterocycles. The van der Waals surface area contributed by atoms with Crippen molar-refractivity contribution in [1.82, 2.24) is 9.80 Å². The van der Waals surface area contributed by atoms with E-state index >= 15 is 4.79 Å². The number of anilines is 2. The van der Waals surface area contributed by atoms with E-state index in [-0.39, 0.29) is 30.9 Å². The van der Waals surface area contributed by atoms with Crippen LogP contribution in [-0.4, -0.2) is 135 Å². The van der Waals surface area contributed by atoms with Gasteiger partial charge in [-0.15, -0.1) is 0 Å². The topological polar surface area (TPSA) is 162 Å². The van der Waals surface area contributed by atoms with Gasteiger partial charge in [-0.05, 0) is 80.8 Å². The maximum Gasteiger partial charge on any atom is 0.418 e. The number of nitrogens with zero attached hydrogens (tertiary/aromatic N) is 3. The summed E-state index contributed by atoms with van der Waals surface area (Å²) in [5.74, 6) is -0.630. The van der Waals surface area contributed by atoms with Crippen LogP contribution >= 0.6 is 0 Å². The highest BCUT2D eigenvalue weighted by Crippen LogP contribution is 2.69. The van der Waals surface area contributed by atoms with Crippen molar-refractivity contribution in [3.63, 3.8) is 0 Å². The Bertz CT molecular complexity index is 2100. The van der Waals surface area contributed by atoms with E-state index < -0.39 is 64.3 Å². The molecule has 6 aliphatic heterocycles. The number of para-hydroxylation sites is 1. The van der Waals surface area contributed by atoms with Crippen LogP contribution in [0, 0.1) is 20.9 Å². The van der Waals surface area contributed by atoms with Gasteiger partial charge in [0.15, 0.2) is 0 Å². The van der Waals surface area contributed by atoms with Crippen LogP contribution < -0.4 is 15.0 Å². The number of aliphatic hydroxyl groups excluding tert-OH is 1. The molecular weight excluding hydrogens is 781 g/mol. The van der Waals surface area contributed by atoms with E-state index in [0.29, 0.717) is 68.7 Å². The number of benzene rings is 2. The Hall–Kier alpha value is -4.08. The van der Waals surface area contributed by atoms with E-state index in [1.54, 1.807) is 14.2 Å². The van der Waals surface area contributed by atoms with Crippen molar-refractivity contribution in [1.29, 1.82) is 0 Å². The summed E-state index contributed by atoms with van der Waals surface area (Å²) in [4.78, 5) is 49.2. The Balaban J connectivity index is 1.34. The predicted octanol–water partition coefficient (Wildman–Crippen LogP) is 4.69. The van der Waals surface area contributed by atoms with E-state index in [1.807, 2.05) is 30.0 Å². The zero-order valence-corrected chi connectivity index (χ0v) is 36.5. The van der Waals surface area contributed by atoms with Crippen LogP contribution in [0.25, 0.3) is 0 Å². The molecule has 0 amide bonds. The highest BCUT2D eigenvalue weighted by molar-refractivity contribution is 5.89. The molecule has 2 aromatic carbocycles. The first-order valence-corrected chi connectivity index (χ1v) is 22.3. The summed E-state index contributed by atoms with van der Waals surface area (Å²) in [6, 6.07) is 10.8. The molecule has 3 unspecified atom stereocenters. The van der Waals surface area contributed by atoms with Gasteiger partial charge < -0.3 is 44.3 Å². The maximum atomic E-state index is 15.4. The van der Waals surface area contributed by atoms with E-state index in [0.717, 1.165) is 36.3 Å². The van der Waals surface area contributed by atoms with Crippen molar-refractivity contribution in [3.8, 4) is 5.75 Å². The van der Waals surface area contributed by atoms with Crippen LogP contribution in [0.5, 0.6) is 5.75 Å². The molecule has 330 valence electrons. The molecule has 9 rings (SSSR count). The van der Waals surface area contributed by atoms with E-state index in [1.165, 1.54) is 14.0 Å². The van der Waals surface area contributed by atoms with E-state index in [9.17, 15) is 20.0 Å².